The normalized spacial score (nSPS) is 10.8. The zero-order valence-corrected chi connectivity index (χ0v) is 16.8. The number of fused-ring (bicyclic) bond motifs is 1. The highest BCUT2D eigenvalue weighted by atomic mass is 16.2. The number of benzene rings is 3. The number of carbonyl (C=O) groups is 1. The molecule has 1 amide bonds. The quantitative estimate of drug-likeness (QED) is 0.442. The van der Waals surface area contributed by atoms with Crippen molar-refractivity contribution in [2.24, 2.45) is 0 Å². The Morgan fingerprint density at radius 3 is 2.24 bits per heavy atom. The molecule has 4 rings (SSSR count). The number of hydrogen-bond acceptors (Lipinski definition) is 2. The molecule has 0 N–H and O–H groups in total. The lowest BCUT2D eigenvalue weighted by atomic mass is 10.0. The van der Waals surface area contributed by atoms with Crippen molar-refractivity contribution in [1.82, 2.24) is 9.88 Å². The van der Waals surface area contributed by atoms with Crippen LogP contribution in [-0.2, 0) is 13.0 Å². The van der Waals surface area contributed by atoms with Gasteiger partial charge in [-0.05, 0) is 29.7 Å². The zero-order valence-electron chi connectivity index (χ0n) is 16.8. The van der Waals surface area contributed by atoms with E-state index in [9.17, 15) is 4.79 Å². The number of pyridine rings is 1. The molecule has 0 spiro atoms. The van der Waals surface area contributed by atoms with Gasteiger partial charge in [0.15, 0.2) is 0 Å². The molecule has 1 heterocycles. The predicted octanol–water partition coefficient (Wildman–Crippen LogP) is 5.74. The number of hydrogen-bond donors (Lipinski definition) is 0. The monoisotopic (exact) mass is 380 g/mol. The number of aromatic nitrogens is 1. The summed E-state index contributed by atoms with van der Waals surface area (Å²) in [4.78, 5) is 19.9. The molecule has 0 radical (unpaired) electrons. The zero-order chi connectivity index (χ0) is 20.2. The topological polar surface area (TPSA) is 33.2 Å². The van der Waals surface area contributed by atoms with Gasteiger partial charge in [-0.25, -0.2) is 4.98 Å². The maximum atomic E-state index is 13.4. The van der Waals surface area contributed by atoms with E-state index < -0.39 is 0 Å². The van der Waals surface area contributed by atoms with E-state index in [-0.39, 0.29) is 5.91 Å². The molecule has 0 fully saturated rings. The van der Waals surface area contributed by atoms with Crippen LogP contribution in [0, 0.1) is 0 Å². The van der Waals surface area contributed by atoms with Crippen LogP contribution < -0.4 is 0 Å². The second-order valence-corrected chi connectivity index (χ2v) is 7.27. The molecular weight excluding hydrogens is 356 g/mol. The average molecular weight is 380 g/mol. The van der Waals surface area contributed by atoms with Crippen LogP contribution in [-0.4, -0.2) is 22.8 Å². The molecule has 0 saturated carbocycles. The molecule has 29 heavy (non-hydrogen) atoms. The summed E-state index contributed by atoms with van der Waals surface area (Å²) in [7, 11) is 1.85. The van der Waals surface area contributed by atoms with Crippen molar-refractivity contribution < 1.29 is 4.79 Å². The molecule has 3 heteroatoms. The highest BCUT2D eigenvalue weighted by Gasteiger charge is 2.17. The average Bonchev–Trinajstić information content (AvgIpc) is 2.79. The maximum Gasteiger partial charge on any atom is 0.254 e. The molecule has 0 saturated heterocycles. The number of amides is 1. The molecule has 144 valence electrons. The third kappa shape index (κ3) is 4.04. The second-order valence-electron chi connectivity index (χ2n) is 7.27. The lowest BCUT2D eigenvalue weighted by Gasteiger charge is -2.19. The fraction of sp³-hybridized carbons (Fsp3) is 0.154. The van der Waals surface area contributed by atoms with Crippen molar-refractivity contribution in [2.45, 2.75) is 19.9 Å². The third-order valence-corrected chi connectivity index (χ3v) is 5.21. The van der Waals surface area contributed by atoms with Crippen LogP contribution in [0.4, 0.5) is 0 Å². The van der Waals surface area contributed by atoms with Crippen molar-refractivity contribution >= 4 is 16.8 Å². The minimum Gasteiger partial charge on any atom is -0.337 e. The summed E-state index contributed by atoms with van der Waals surface area (Å²) in [6.45, 7) is 2.71. The number of aryl methyl sites for hydroxylation is 1. The molecule has 0 aliphatic heterocycles. The minimum absolute atomic E-state index is 0.000323. The third-order valence-electron chi connectivity index (χ3n) is 5.21. The molecule has 1 aromatic heterocycles. The molecule has 0 unspecified atom stereocenters. The highest BCUT2D eigenvalue weighted by molar-refractivity contribution is 6.07. The lowest BCUT2D eigenvalue weighted by Crippen LogP contribution is -2.26. The molecule has 3 aromatic carbocycles. The van der Waals surface area contributed by atoms with E-state index in [0.29, 0.717) is 12.1 Å². The van der Waals surface area contributed by atoms with Crippen LogP contribution in [0.2, 0.25) is 0 Å². The van der Waals surface area contributed by atoms with E-state index in [1.165, 1.54) is 5.56 Å². The Hall–Kier alpha value is -3.46. The molecular formula is C26H24N2O. The van der Waals surface area contributed by atoms with Crippen LogP contribution >= 0.6 is 0 Å². The Kier molecular flexibility index (Phi) is 5.39. The number of carbonyl (C=O) groups excluding carboxylic acids is 1. The predicted molar refractivity (Wildman–Crippen MR) is 119 cm³/mol. The number of rotatable bonds is 5. The van der Waals surface area contributed by atoms with Crippen molar-refractivity contribution in [3.63, 3.8) is 0 Å². The standard InChI is InChI=1S/C26H24N2O/c1-3-19-13-15-20(16-14-19)18-28(2)26(29)23-17-25(21-9-5-4-6-10-21)27-24-12-8-7-11-22(23)24/h4-17H,3,18H2,1-2H3. The van der Waals surface area contributed by atoms with Gasteiger partial charge in [-0.2, -0.15) is 0 Å². The van der Waals surface area contributed by atoms with Gasteiger partial charge in [0.1, 0.15) is 0 Å². The summed E-state index contributed by atoms with van der Waals surface area (Å²) in [5.41, 5.74) is 5.76. The van der Waals surface area contributed by atoms with Gasteiger partial charge >= 0.3 is 0 Å². The number of para-hydroxylation sites is 1. The van der Waals surface area contributed by atoms with Crippen LogP contribution in [0.3, 0.4) is 0 Å². The summed E-state index contributed by atoms with van der Waals surface area (Å²) >= 11 is 0. The lowest BCUT2D eigenvalue weighted by molar-refractivity contribution is 0.0787. The van der Waals surface area contributed by atoms with Gasteiger partial charge in [0.2, 0.25) is 0 Å². The summed E-state index contributed by atoms with van der Waals surface area (Å²) in [5, 5.41) is 0.880. The van der Waals surface area contributed by atoms with Gasteiger partial charge < -0.3 is 4.90 Å². The van der Waals surface area contributed by atoms with Crippen molar-refractivity contribution in [1.29, 1.82) is 0 Å². The van der Waals surface area contributed by atoms with Crippen LogP contribution in [0.25, 0.3) is 22.2 Å². The highest BCUT2D eigenvalue weighted by Crippen LogP contribution is 2.26. The van der Waals surface area contributed by atoms with Crippen LogP contribution in [0.1, 0.15) is 28.4 Å². The Labute approximate surface area is 171 Å². The minimum atomic E-state index is 0.000323. The Balaban J connectivity index is 1.70. The van der Waals surface area contributed by atoms with E-state index in [0.717, 1.165) is 34.1 Å². The van der Waals surface area contributed by atoms with Crippen LogP contribution in [0.5, 0.6) is 0 Å². The first kappa shape index (κ1) is 18.9. The fourth-order valence-corrected chi connectivity index (χ4v) is 3.54. The molecule has 4 aromatic rings. The van der Waals surface area contributed by atoms with Gasteiger partial charge in [0.25, 0.3) is 5.91 Å². The first-order valence-corrected chi connectivity index (χ1v) is 9.94. The van der Waals surface area contributed by atoms with Gasteiger partial charge in [-0.15, -0.1) is 0 Å². The van der Waals surface area contributed by atoms with E-state index in [1.54, 1.807) is 4.90 Å². The van der Waals surface area contributed by atoms with Gasteiger partial charge in [0, 0.05) is 24.5 Å². The van der Waals surface area contributed by atoms with E-state index in [2.05, 4.69) is 31.2 Å². The summed E-state index contributed by atoms with van der Waals surface area (Å²) in [5.74, 6) is 0.000323. The first-order chi connectivity index (χ1) is 14.2. The van der Waals surface area contributed by atoms with Crippen molar-refractivity contribution in [2.75, 3.05) is 7.05 Å². The summed E-state index contributed by atoms with van der Waals surface area (Å²) in [6, 6.07) is 28.2. The molecule has 0 bridgehead atoms. The Morgan fingerprint density at radius 2 is 1.52 bits per heavy atom. The maximum absolute atomic E-state index is 13.4. The second kappa shape index (κ2) is 8.27. The van der Waals surface area contributed by atoms with Gasteiger partial charge in [-0.1, -0.05) is 79.7 Å². The molecule has 0 aliphatic rings. The Morgan fingerprint density at radius 1 is 0.862 bits per heavy atom. The number of nitrogens with zero attached hydrogens (tertiary/aromatic N) is 2. The van der Waals surface area contributed by atoms with Crippen molar-refractivity contribution in [3.05, 3.63) is 102 Å². The summed E-state index contributed by atoms with van der Waals surface area (Å²) in [6.07, 6.45) is 1.01. The van der Waals surface area contributed by atoms with Gasteiger partial charge in [0.05, 0.1) is 16.8 Å². The van der Waals surface area contributed by atoms with Gasteiger partial charge in [-0.3, -0.25) is 4.79 Å². The van der Waals surface area contributed by atoms with Crippen molar-refractivity contribution in [3.8, 4) is 11.3 Å². The van der Waals surface area contributed by atoms with E-state index in [1.807, 2.05) is 67.7 Å². The summed E-state index contributed by atoms with van der Waals surface area (Å²) < 4.78 is 0. The first-order valence-electron chi connectivity index (χ1n) is 9.94. The largest absolute Gasteiger partial charge is 0.337 e. The SMILES string of the molecule is CCc1ccc(CN(C)C(=O)c2cc(-c3ccccc3)nc3ccccc23)cc1. The molecule has 0 atom stereocenters. The van der Waals surface area contributed by atoms with E-state index in [4.69, 9.17) is 4.98 Å². The smallest absolute Gasteiger partial charge is 0.254 e. The Bertz CT molecular complexity index is 1130. The fourth-order valence-electron chi connectivity index (χ4n) is 3.54. The van der Waals surface area contributed by atoms with E-state index >= 15 is 0 Å². The molecule has 0 aliphatic carbocycles. The van der Waals surface area contributed by atoms with Crippen LogP contribution in [0.15, 0.2) is 84.9 Å². The molecule has 3 nitrogen and oxygen atoms in total.